The Bertz CT molecular complexity index is 467. The van der Waals surface area contributed by atoms with E-state index in [0.717, 1.165) is 17.0 Å². The predicted octanol–water partition coefficient (Wildman–Crippen LogP) is 2.35. The summed E-state index contributed by atoms with van der Waals surface area (Å²) >= 11 is 2.01. The minimum Gasteiger partial charge on any atom is -0.333 e. The van der Waals surface area contributed by atoms with Crippen LogP contribution in [0.2, 0.25) is 0 Å². The summed E-state index contributed by atoms with van der Waals surface area (Å²) in [7, 11) is 0. The Balaban J connectivity index is 2.52. The predicted molar refractivity (Wildman–Crippen MR) is 59.7 cm³/mol. The summed E-state index contributed by atoms with van der Waals surface area (Å²) in [4.78, 5) is 8.47. The summed E-state index contributed by atoms with van der Waals surface area (Å²) < 4.78 is 5.67. The smallest absolute Gasteiger partial charge is 0.260 e. The van der Waals surface area contributed by atoms with E-state index in [1.807, 2.05) is 48.6 Å². The van der Waals surface area contributed by atoms with Crippen LogP contribution in [0.15, 0.2) is 16.7 Å². The van der Waals surface area contributed by atoms with E-state index in [9.17, 15) is 0 Å². The standard InChI is InChI=1S/C9H8IN3O/c1-5-3-4-7(6(2)11-5)8-12-9(10)13-14-8/h3-4H,1-2H3. The Hall–Kier alpha value is -0.980. The summed E-state index contributed by atoms with van der Waals surface area (Å²) in [6.45, 7) is 3.88. The van der Waals surface area contributed by atoms with Crippen molar-refractivity contribution in [1.82, 2.24) is 15.1 Å². The molecule has 0 N–H and O–H groups in total. The third-order valence-electron chi connectivity index (χ3n) is 1.86. The van der Waals surface area contributed by atoms with E-state index in [1.54, 1.807) is 0 Å². The monoisotopic (exact) mass is 301 g/mol. The molecule has 14 heavy (non-hydrogen) atoms. The second-order valence-corrected chi connectivity index (χ2v) is 3.92. The van der Waals surface area contributed by atoms with Crippen LogP contribution in [0.5, 0.6) is 0 Å². The maximum Gasteiger partial charge on any atom is 0.260 e. The average Bonchev–Trinajstić information content (AvgIpc) is 2.51. The number of hydrogen-bond donors (Lipinski definition) is 0. The Morgan fingerprint density at radius 1 is 1.21 bits per heavy atom. The molecule has 0 bridgehead atoms. The van der Waals surface area contributed by atoms with E-state index in [0.29, 0.717) is 9.72 Å². The molecule has 72 valence electrons. The van der Waals surface area contributed by atoms with Crippen LogP contribution in [-0.4, -0.2) is 15.1 Å². The molecule has 0 spiro atoms. The highest BCUT2D eigenvalue weighted by Crippen LogP contribution is 2.20. The molecule has 0 aliphatic rings. The lowest BCUT2D eigenvalue weighted by molar-refractivity contribution is 0.425. The van der Waals surface area contributed by atoms with Crippen LogP contribution >= 0.6 is 22.6 Å². The molecule has 0 unspecified atom stereocenters. The van der Waals surface area contributed by atoms with E-state index in [1.165, 1.54) is 0 Å². The molecule has 0 aromatic carbocycles. The van der Waals surface area contributed by atoms with Gasteiger partial charge in [-0.25, -0.2) is 0 Å². The van der Waals surface area contributed by atoms with Crippen LogP contribution in [0.4, 0.5) is 0 Å². The molecule has 0 fully saturated rings. The highest BCUT2D eigenvalue weighted by molar-refractivity contribution is 14.1. The molecule has 2 rings (SSSR count). The second-order valence-electron chi connectivity index (χ2n) is 2.95. The van der Waals surface area contributed by atoms with Crippen LogP contribution in [-0.2, 0) is 0 Å². The van der Waals surface area contributed by atoms with Crippen molar-refractivity contribution in [3.8, 4) is 11.5 Å². The fraction of sp³-hybridized carbons (Fsp3) is 0.222. The first-order valence-electron chi connectivity index (χ1n) is 4.10. The average molecular weight is 301 g/mol. The van der Waals surface area contributed by atoms with Crippen molar-refractivity contribution in [2.24, 2.45) is 0 Å². The number of pyridine rings is 1. The van der Waals surface area contributed by atoms with E-state index in [2.05, 4.69) is 15.1 Å². The van der Waals surface area contributed by atoms with Gasteiger partial charge in [0.2, 0.25) is 3.83 Å². The number of halogens is 1. The lowest BCUT2D eigenvalue weighted by Gasteiger charge is -1.99. The molecule has 0 saturated carbocycles. The van der Waals surface area contributed by atoms with Crippen LogP contribution in [0, 0.1) is 17.7 Å². The number of aryl methyl sites for hydroxylation is 2. The van der Waals surface area contributed by atoms with Gasteiger partial charge in [0.15, 0.2) is 0 Å². The maximum absolute atomic E-state index is 5.06. The molecule has 0 saturated heterocycles. The summed E-state index contributed by atoms with van der Waals surface area (Å²) in [5.41, 5.74) is 2.79. The van der Waals surface area contributed by atoms with Crippen molar-refractivity contribution >= 4 is 22.6 Å². The van der Waals surface area contributed by atoms with E-state index in [4.69, 9.17) is 4.52 Å². The topological polar surface area (TPSA) is 51.8 Å². The lowest BCUT2D eigenvalue weighted by Crippen LogP contribution is -1.90. The zero-order valence-electron chi connectivity index (χ0n) is 7.78. The summed E-state index contributed by atoms with van der Waals surface area (Å²) in [6, 6.07) is 3.88. The molecular formula is C9H8IN3O. The van der Waals surface area contributed by atoms with E-state index in [-0.39, 0.29) is 0 Å². The Morgan fingerprint density at radius 3 is 2.57 bits per heavy atom. The Morgan fingerprint density at radius 2 is 2.00 bits per heavy atom. The van der Waals surface area contributed by atoms with Gasteiger partial charge in [-0.05, 0) is 26.0 Å². The van der Waals surface area contributed by atoms with E-state index >= 15 is 0 Å². The van der Waals surface area contributed by atoms with Gasteiger partial charge in [-0.3, -0.25) is 4.98 Å². The van der Waals surface area contributed by atoms with Gasteiger partial charge in [0.25, 0.3) is 5.89 Å². The largest absolute Gasteiger partial charge is 0.333 e. The first-order valence-corrected chi connectivity index (χ1v) is 5.18. The van der Waals surface area contributed by atoms with Gasteiger partial charge in [-0.2, -0.15) is 4.98 Å². The quantitative estimate of drug-likeness (QED) is 0.759. The third-order valence-corrected chi connectivity index (χ3v) is 2.29. The molecule has 0 aliphatic carbocycles. The first-order chi connectivity index (χ1) is 6.66. The zero-order chi connectivity index (χ0) is 10.1. The molecule has 4 nitrogen and oxygen atoms in total. The molecule has 2 aromatic rings. The van der Waals surface area contributed by atoms with Gasteiger partial charge in [0.1, 0.15) is 0 Å². The molecule has 0 radical (unpaired) electrons. The lowest BCUT2D eigenvalue weighted by atomic mass is 10.2. The fourth-order valence-corrected chi connectivity index (χ4v) is 1.55. The van der Waals surface area contributed by atoms with Crippen molar-refractivity contribution in [3.63, 3.8) is 0 Å². The normalized spacial score (nSPS) is 10.5. The van der Waals surface area contributed by atoms with Gasteiger partial charge in [0.05, 0.1) is 11.3 Å². The Kier molecular flexibility index (Phi) is 2.49. The highest BCUT2D eigenvalue weighted by atomic mass is 127. The summed E-state index contributed by atoms with van der Waals surface area (Å²) in [5.74, 6) is 0.527. The van der Waals surface area contributed by atoms with Gasteiger partial charge in [-0.1, -0.05) is 5.16 Å². The minimum absolute atomic E-state index is 0.527. The van der Waals surface area contributed by atoms with Crippen molar-refractivity contribution in [1.29, 1.82) is 0 Å². The third kappa shape index (κ3) is 1.77. The van der Waals surface area contributed by atoms with Crippen molar-refractivity contribution in [2.45, 2.75) is 13.8 Å². The van der Waals surface area contributed by atoms with Crippen molar-refractivity contribution in [2.75, 3.05) is 0 Å². The SMILES string of the molecule is Cc1ccc(-c2nc(I)no2)c(C)n1. The van der Waals surface area contributed by atoms with Crippen LogP contribution in [0.1, 0.15) is 11.4 Å². The van der Waals surface area contributed by atoms with Crippen LogP contribution < -0.4 is 0 Å². The molecule has 0 amide bonds. The maximum atomic E-state index is 5.06. The number of hydrogen-bond acceptors (Lipinski definition) is 4. The second kappa shape index (κ2) is 3.64. The van der Waals surface area contributed by atoms with Gasteiger partial charge in [0, 0.05) is 28.3 Å². The zero-order valence-corrected chi connectivity index (χ0v) is 9.94. The van der Waals surface area contributed by atoms with Crippen molar-refractivity contribution in [3.05, 3.63) is 27.4 Å². The molecule has 0 aliphatic heterocycles. The highest BCUT2D eigenvalue weighted by Gasteiger charge is 2.10. The number of aromatic nitrogens is 3. The molecular weight excluding hydrogens is 293 g/mol. The van der Waals surface area contributed by atoms with Crippen LogP contribution in [0.3, 0.4) is 0 Å². The Labute approximate surface area is 94.9 Å². The van der Waals surface area contributed by atoms with Gasteiger partial charge in [-0.15, -0.1) is 0 Å². The fourth-order valence-electron chi connectivity index (χ4n) is 1.23. The number of nitrogens with zero attached hydrogens (tertiary/aromatic N) is 3. The summed E-state index contributed by atoms with van der Waals surface area (Å²) in [6.07, 6.45) is 0. The van der Waals surface area contributed by atoms with Crippen molar-refractivity contribution < 1.29 is 4.52 Å². The molecule has 2 heterocycles. The minimum atomic E-state index is 0.527. The molecule has 2 aromatic heterocycles. The van der Waals surface area contributed by atoms with Gasteiger partial charge >= 0.3 is 0 Å². The number of rotatable bonds is 1. The van der Waals surface area contributed by atoms with E-state index < -0.39 is 0 Å². The molecule has 5 heteroatoms. The van der Waals surface area contributed by atoms with Crippen LogP contribution in [0.25, 0.3) is 11.5 Å². The summed E-state index contributed by atoms with van der Waals surface area (Å²) in [5, 5.41) is 3.73. The first kappa shape index (κ1) is 9.57. The molecule has 0 atom stereocenters. The van der Waals surface area contributed by atoms with Gasteiger partial charge < -0.3 is 4.52 Å².